The highest BCUT2D eigenvalue weighted by molar-refractivity contribution is 7.17. The van der Waals surface area contributed by atoms with Crippen LogP contribution in [0.25, 0.3) is 10.2 Å². The molecule has 1 amide bonds. The van der Waals surface area contributed by atoms with E-state index in [1.165, 1.54) is 22.2 Å². The fourth-order valence-electron chi connectivity index (χ4n) is 2.23. The zero-order valence-corrected chi connectivity index (χ0v) is 12.9. The number of thiophene rings is 1. The van der Waals surface area contributed by atoms with Crippen LogP contribution in [-0.2, 0) is 16.2 Å². The zero-order chi connectivity index (χ0) is 15.5. The maximum Gasteiger partial charge on any atom is 0.271 e. The smallest absolute Gasteiger partial charge is 0.271 e. The number of rotatable bonds is 5. The summed E-state index contributed by atoms with van der Waals surface area (Å²) in [5, 5.41) is 8.52. The molecule has 2 aromatic rings. The van der Waals surface area contributed by atoms with Gasteiger partial charge >= 0.3 is 0 Å². The number of nitrogens with zero attached hydrogens (tertiary/aromatic N) is 3. The first-order chi connectivity index (χ1) is 10.7. The Kier molecular flexibility index (Phi) is 4.19. The van der Waals surface area contributed by atoms with Crippen LogP contribution < -0.4 is 10.9 Å². The maximum atomic E-state index is 12.2. The number of nitrogens with one attached hydrogen (secondary N) is 1. The van der Waals surface area contributed by atoms with Crippen LogP contribution in [0.15, 0.2) is 27.7 Å². The van der Waals surface area contributed by atoms with Gasteiger partial charge in [0.1, 0.15) is 17.3 Å². The van der Waals surface area contributed by atoms with E-state index in [2.05, 4.69) is 15.5 Å². The Labute approximate surface area is 130 Å². The highest BCUT2D eigenvalue weighted by atomic mass is 32.1. The standard InChI is InChI=1S/C14H16N4O3S/c1-2-9-5-10(21-17-9)6-15-12(19)7-18-8-16-11-3-4-22-13(11)14(18)20/h3-4,8,10H,2,5-7H2,1H3,(H,15,19)/t10-/m1/s1. The molecule has 7 nitrogen and oxygen atoms in total. The second kappa shape index (κ2) is 6.27. The summed E-state index contributed by atoms with van der Waals surface area (Å²) in [5.41, 5.74) is 1.47. The Morgan fingerprint density at radius 3 is 3.23 bits per heavy atom. The summed E-state index contributed by atoms with van der Waals surface area (Å²) in [4.78, 5) is 33.5. The predicted octanol–water partition coefficient (Wildman–Crippen LogP) is 1.13. The first kappa shape index (κ1) is 14.7. The molecule has 0 fully saturated rings. The van der Waals surface area contributed by atoms with Crippen molar-refractivity contribution in [2.45, 2.75) is 32.4 Å². The zero-order valence-electron chi connectivity index (χ0n) is 12.1. The lowest BCUT2D eigenvalue weighted by Gasteiger charge is -2.10. The van der Waals surface area contributed by atoms with Crippen molar-refractivity contribution in [2.24, 2.45) is 5.16 Å². The highest BCUT2D eigenvalue weighted by Crippen LogP contribution is 2.13. The Morgan fingerprint density at radius 2 is 2.45 bits per heavy atom. The second-order valence-corrected chi connectivity index (χ2v) is 5.98. The van der Waals surface area contributed by atoms with Gasteiger partial charge in [-0.25, -0.2) is 4.98 Å². The van der Waals surface area contributed by atoms with Gasteiger partial charge in [-0.2, -0.15) is 0 Å². The van der Waals surface area contributed by atoms with Crippen molar-refractivity contribution in [3.63, 3.8) is 0 Å². The first-order valence-electron chi connectivity index (χ1n) is 7.08. The van der Waals surface area contributed by atoms with Crippen LogP contribution in [0.1, 0.15) is 19.8 Å². The van der Waals surface area contributed by atoms with Crippen molar-refractivity contribution >= 4 is 33.2 Å². The normalized spacial score (nSPS) is 17.3. The second-order valence-electron chi connectivity index (χ2n) is 5.06. The van der Waals surface area contributed by atoms with Crippen molar-refractivity contribution < 1.29 is 9.63 Å². The SMILES string of the molecule is CCC1=NO[C@@H](CNC(=O)Cn2cnc3ccsc3c2=O)C1. The van der Waals surface area contributed by atoms with Crippen LogP contribution >= 0.6 is 11.3 Å². The summed E-state index contributed by atoms with van der Waals surface area (Å²) in [6.07, 6.45) is 2.88. The molecule has 3 heterocycles. The average molecular weight is 320 g/mol. The molecule has 0 aromatic carbocycles. The number of carbonyl (C=O) groups is 1. The van der Waals surface area contributed by atoms with Crippen molar-refractivity contribution in [1.29, 1.82) is 0 Å². The first-order valence-corrected chi connectivity index (χ1v) is 7.96. The molecule has 0 spiro atoms. The summed E-state index contributed by atoms with van der Waals surface area (Å²) in [6, 6.07) is 1.79. The molecule has 1 aliphatic rings. The molecule has 1 atom stereocenters. The molecule has 0 saturated carbocycles. The molecule has 0 saturated heterocycles. The number of fused-ring (bicyclic) bond motifs is 1. The molecule has 0 aliphatic carbocycles. The maximum absolute atomic E-state index is 12.2. The van der Waals surface area contributed by atoms with Crippen LogP contribution in [0, 0.1) is 0 Å². The molecule has 0 unspecified atom stereocenters. The van der Waals surface area contributed by atoms with Gasteiger partial charge in [0.25, 0.3) is 5.56 Å². The number of hydrogen-bond acceptors (Lipinski definition) is 6. The number of aromatic nitrogens is 2. The summed E-state index contributed by atoms with van der Waals surface area (Å²) in [5.74, 6) is -0.242. The lowest BCUT2D eigenvalue weighted by atomic mass is 10.1. The van der Waals surface area contributed by atoms with Crippen molar-refractivity contribution in [3.05, 3.63) is 28.1 Å². The predicted molar refractivity (Wildman–Crippen MR) is 84.1 cm³/mol. The fraction of sp³-hybridized carbons (Fsp3) is 0.429. The third-order valence-electron chi connectivity index (χ3n) is 3.48. The molecule has 2 aromatic heterocycles. The van der Waals surface area contributed by atoms with Gasteiger partial charge in [-0.15, -0.1) is 11.3 Å². The van der Waals surface area contributed by atoms with Crippen molar-refractivity contribution in [1.82, 2.24) is 14.9 Å². The van der Waals surface area contributed by atoms with E-state index in [0.717, 1.165) is 18.6 Å². The van der Waals surface area contributed by atoms with Gasteiger partial charge in [0.15, 0.2) is 0 Å². The van der Waals surface area contributed by atoms with E-state index in [1.54, 1.807) is 6.07 Å². The molecule has 1 aliphatic heterocycles. The molecule has 22 heavy (non-hydrogen) atoms. The van der Waals surface area contributed by atoms with Gasteiger partial charge < -0.3 is 10.2 Å². The molecule has 1 N–H and O–H groups in total. The minimum absolute atomic E-state index is 0.0477. The van der Waals surface area contributed by atoms with E-state index < -0.39 is 0 Å². The number of amides is 1. The quantitative estimate of drug-likeness (QED) is 0.895. The van der Waals surface area contributed by atoms with Gasteiger partial charge in [-0.3, -0.25) is 14.2 Å². The molecule has 0 radical (unpaired) electrons. The minimum Gasteiger partial charge on any atom is -0.390 e. The lowest BCUT2D eigenvalue weighted by molar-refractivity contribution is -0.122. The van der Waals surface area contributed by atoms with Crippen LogP contribution in [0.2, 0.25) is 0 Å². The molecule has 3 rings (SSSR count). The molecular formula is C14H16N4O3S. The lowest BCUT2D eigenvalue weighted by Crippen LogP contribution is -2.36. The molecule has 116 valence electrons. The van der Waals surface area contributed by atoms with Crippen LogP contribution in [-0.4, -0.2) is 33.8 Å². The van der Waals surface area contributed by atoms with E-state index in [4.69, 9.17) is 4.84 Å². The Hall–Kier alpha value is -2.22. The van der Waals surface area contributed by atoms with E-state index in [0.29, 0.717) is 16.8 Å². The Balaban J connectivity index is 1.57. The number of carbonyl (C=O) groups excluding carboxylic acids is 1. The third kappa shape index (κ3) is 3.01. The summed E-state index contributed by atoms with van der Waals surface area (Å²) in [6.45, 7) is 2.35. The summed E-state index contributed by atoms with van der Waals surface area (Å²) >= 11 is 1.33. The van der Waals surface area contributed by atoms with Gasteiger partial charge in [-0.05, 0) is 17.9 Å². The van der Waals surface area contributed by atoms with Crippen LogP contribution in [0.4, 0.5) is 0 Å². The minimum atomic E-state index is -0.242. The van der Waals surface area contributed by atoms with E-state index in [-0.39, 0.29) is 24.1 Å². The molecule has 0 bridgehead atoms. The Morgan fingerprint density at radius 1 is 1.59 bits per heavy atom. The molecular weight excluding hydrogens is 304 g/mol. The fourth-order valence-corrected chi connectivity index (χ4v) is 3.03. The van der Waals surface area contributed by atoms with Crippen molar-refractivity contribution in [3.8, 4) is 0 Å². The third-order valence-corrected chi connectivity index (χ3v) is 4.37. The summed E-state index contributed by atoms with van der Waals surface area (Å²) in [7, 11) is 0. The summed E-state index contributed by atoms with van der Waals surface area (Å²) < 4.78 is 1.88. The van der Waals surface area contributed by atoms with E-state index in [9.17, 15) is 9.59 Å². The average Bonchev–Trinajstić information content (AvgIpc) is 3.17. The van der Waals surface area contributed by atoms with Crippen LogP contribution in [0.5, 0.6) is 0 Å². The number of hydrogen-bond donors (Lipinski definition) is 1. The van der Waals surface area contributed by atoms with Crippen LogP contribution in [0.3, 0.4) is 0 Å². The van der Waals surface area contributed by atoms with E-state index >= 15 is 0 Å². The topological polar surface area (TPSA) is 85.6 Å². The van der Waals surface area contributed by atoms with Gasteiger partial charge in [0.2, 0.25) is 5.91 Å². The Bertz CT molecular complexity index is 780. The van der Waals surface area contributed by atoms with Gasteiger partial charge in [0.05, 0.1) is 24.1 Å². The highest BCUT2D eigenvalue weighted by Gasteiger charge is 2.20. The molecule has 8 heteroatoms. The van der Waals surface area contributed by atoms with Gasteiger partial charge in [0, 0.05) is 6.42 Å². The van der Waals surface area contributed by atoms with Gasteiger partial charge in [-0.1, -0.05) is 12.1 Å². The van der Waals surface area contributed by atoms with Crippen molar-refractivity contribution in [2.75, 3.05) is 6.54 Å². The monoisotopic (exact) mass is 320 g/mol. The van der Waals surface area contributed by atoms with E-state index in [1.807, 2.05) is 12.3 Å². The number of oxime groups is 1. The largest absolute Gasteiger partial charge is 0.390 e.